The van der Waals surface area contributed by atoms with E-state index in [-0.39, 0.29) is 12.0 Å². The lowest BCUT2D eigenvalue weighted by Gasteiger charge is -2.39. The molecule has 1 heterocycles. The lowest BCUT2D eigenvalue weighted by atomic mass is 9.74. The van der Waals surface area contributed by atoms with Crippen LogP contribution in [0.2, 0.25) is 0 Å². The summed E-state index contributed by atoms with van der Waals surface area (Å²) >= 11 is 0. The van der Waals surface area contributed by atoms with Crippen molar-refractivity contribution >= 4 is 11.7 Å². The molecule has 0 saturated heterocycles. The summed E-state index contributed by atoms with van der Waals surface area (Å²) in [6.07, 6.45) is 5.29. The van der Waals surface area contributed by atoms with Gasteiger partial charge in [-0.1, -0.05) is 54.1 Å². The molecule has 3 nitrogen and oxygen atoms in total. The summed E-state index contributed by atoms with van der Waals surface area (Å²) in [5.74, 6) is -0.638. The van der Waals surface area contributed by atoms with E-state index < -0.39 is 5.97 Å². The second kappa shape index (κ2) is 5.52. The molecule has 122 valence electrons. The van der Waals surface area contributed by atoms with Gasteiger partial charge in [0, 0.05) is 17.2 Å². The first kappa shape index (κ1) is 15.0. The van der Waals surface area contributed by atoms with Crippen molar-refractivity contribution in [1.29, 1.82) is 0 Å². The van der Waals surface area contributed by atoms with E-state index in [9.17, 15) is 9.90 Å². The fourth-order valence-corrected chi connectivity index (χ4v) is 4.14. The van der Waals surface area contributed by atoms with E-state index in [1.165, 1.54) is 11.1 Å². The Morgan fingerprint density at radius 2 is 1.88 bits per heavy atom. The number of allylic oxidation sites excluding steroid dienone is 2. The van der Waals surface area contributed by atoms with Crippen molar-refractivity contribution in [3.05, 3.63) is 76.4 Å². The lowest BCUT2D eigenvalue weighted by Crippen LogP contribution is -2.33. The van der Waals surface area contributed by atoms with E-state index in [0.29, 0.717) is 11.5 Å². The van der Waals surface area contributed by atoms with Crippen LogP contribution >= 0.6 is 0 Å². The van der Waals surface area contributed by atoms with E-state index in [4.69, 9.17) is 0 Å². The molecule has 2 aromatic carbocycles. The minimum Gasteiger partial charge on any atom is -0.545 e. The van der Waals surface area contributed by atoms with Crippen LogP contribution in [-0.2, 0) is 0 Å². The van der Waals surface area contributed by atoms with Crippen LogP contribution in [0, 0.1) is 19.8 Å². The highest BCUT2D eigenvalue weighted by atomic mass is 16.4. The summed E-state index contributed by atoms with van der Waals surface area (Å²) in [5.41, 5.74) is 5.72. The molecule has 0 fully saturated rings. The van der Waals surface area contributed by atoms with E-state index in [1.807, 2.05) is 13.0 Å². The van der Waals surface area contributed by atoms with Gasteiger partial charge in [0.1, 0.15) is 0 Å². The summed E-state index contributed by atoms with van der Waals surface area (Å²) in [7, 11) is 0. The number of aryl methyl sites for hydroxylation is 2. The Morgan fingerprint density at radius 3 is 2.58 bits per heavy atom. The minimum atomic E-state index is -1.10. The maximum Gasteiger partial charge on any atom is 0.0719 e. The Kier molecular flexibility index (Phi) is 3.45. The molecule has 1 aliphatic carbocycles. The lowest BCUT2D eigenvalue weighted by molar-refractivity contribution is -0.255. The van der Waals surface area contributed by atoms with Gasteiger partial charge in [0.25, 0.3) is 0 Å². The van der Waals surface area contributed by atoms with Gasteiger partial charge >= 0.3 is 0 Å². The van der Waals surface area contributed by atoms with Gasteiger partial charge < -0.3 is 15.2 Å². The van der Waals surface area contributed by atoms with Crippen LogP contribution in [0.3, 0.4) is 0 Å². The van der Waals surface area contributed by atoms with E-state index in [0.717, 1.165) is 23.2 Å². The first-order valence-corrected chi connectivity index (χ1v) is 8.41. The SMILES string of the molecule is Cc1ccc([C@@H]2Nc3c(C)ccc(C(=O)[O-])c3[C@H]3C=CC[C@@H]32)cc1. The van der Waals surface area contributed by atoms with Crippen molar-refractivity contribution in [2.24, 2.45) is 5.92 Å². The van der Waals surface area contributed by atoms with E-state index in [2.05, 4.69) is 48.7 Å². The van der Waals surface area contributed by atoms with Crippen LogP contribution in [0.4, 0.5) is 5.69 Å². The number of nitrogens with one attached hydrogen (secondary N) is 1. The minimum absolute atomic E-state index is 0.125. The van der Waals surface area contributed by atoms with Crippen molar-refractivity contribution in [2.75, 3.05) is 5.32 Å². The number of hydrogen-bond donors (Lipinski definition) is 1. The molecule has 1 N–H and O–H groups in total. The molecule has 3 atom stereocenters. The van der Waals surface area contributed by atoms with Crippen molar-refractivity contribution in [1.82, 2.24) is 0 Å². The van der Waals surface area contributed by atoms with Gasteiger partial charge in [0.15, 0.2) is 0 Å². The zero-order chi connectivity index (χ0) is 16.8. The number of aromatic carboxylic acids is 1. The Bertz CT molecular complexity index is 836. The summed E-state index contributed by atoms with van der Waals surface area (Å²) in [6, 6.07) is 12.3. The van der Waals surface area contributed by atoms with Crippen LogP contribution in [-0.4, -0.2) is 5.97 Å². The molecule has 0 spiro atoms. The number of hydrogen-bond acceptors (Lipinski definition) is 3. The molecule has 0 radical (unpaired) electrons. The van der Waals surface area contributed by atoms with Crippen molar-refractivity contribution in [2.45, 2.75) is 32.2 Å². The molecule has 0 unspecified atom stereocenters. The highest BCUT2D eigenvalue weighted by Crippen LogP contribution is 2.51. The Hall–Kier alpha value is -2.55. The number of carboxylic acids is 1. The first-order valence-electron chi connectivity index (χ1n) is 8.41. The first-order chi connectivity index (χ1) is 11.6. The maximum atomic E-state index is 11.6. The summed E-state index contributed by atoms with van der Waals surface area (Å²) in [4.78, 5) is 11.6. The molecule has 1 aliphatic heterocycles. The third-order valence-corrected chi connectivity index (χ3v) is 5.38. The van der Waals surface area contributed by atoms with Gasteiger partial charge in [-0.05, 0) is 42.9 Å². The average molecular weight is 318 g/mol. The fraction of sp³-hybridized carbons (Fsp3) is 0.286. The second-order valence-corrected chi connectivity index (χ2v) is 6.89. The molecule has 24 heavy (non-hydrogen) atoms. The van der Waals surface area contributed by atoms with Gasteiger partial charge in [-0.2, -0.15) is 0 Å². The van der Waals surface area contributed by atoms with Gasteiger partial charge in [0.05, 0.1) is 12.0 Å². The number of rotatable bonds is 2. The summed E-state index contributed by atoms with van der Waals surface area (Å²) < 4.78 is 0. The fourth-order valence-electron chi connectivity index (χ4n) is 4.14. The van der Waals surface area contributed by atoms with Crippen LogP contribution in [0.25, 0.3) is 0 Å². The molecule has 0 bridgehead atoms. The summed E-state index contributed by atoms with van der Waals surface area (Å²) in [6.45, 7) is 4.11. The third-order valence-electron chi connectivity index (χ3n) is 5.38. The Morgan fingerprint density at radius 1 is 1.12 bits per heavy atom. The normalized spacial score (nSPS) is 24.2. The molecule has 2 aliphatic rings. The molecule has 0 aromatic heterocycles. The number of carbonyl (C=O) groups excluding carboxylic acids is 1. The van der Waals surface area contributed by atoms with Crippen molar-refractivity contribution in [3.63, 3.8) is 0 Å². The Labute approximate surface area is 142 Å². The standard InChI is InChI=1S/C21H21NO2/c1-12-6-9-14(10-7-12)20-16-5-3-4-15(16)18-17(21(23)24)11-8-13(2)19(18)22-20/h3-4,6-11,15-16,20,22H,5H2,1-2H3,(H,23,24)/p-1/t15-,16-,20-/m0/s1. The van der Waals surface area contributed by atoms with E-state index in [1.54, 1.807) is 6.07 Å². The molecule has 2 aromatic rings. The molecular weight excluding hydrogens is 298 g/mol. The number of carboxylic acid groups (broad SMARTS) is 1. The van der Waals surface area contributed by atoms with Gasteiger partial charge in [-0.3, -0.25) is 0 Å². The predicted octanol–water partition coefficient (Wildman–Crippen LogP) is 3.49. The largest absolute Gasteiger partial charge is 0.545 e. The molecule has 3 heteroatoms. The monoisotopic (exact) mass is 318 g/mol. The van der Waals surface area contributed by atoms with Gasteiger partial charge in [-0.25, -0.2) is 0 Å². The topological polar surface area (TPSA) is 52.2 Å². The zero-order valence-corrected chi connectivity index (χ0v) is 13.9. The second-order valence-electron chi connectivity index (χ2n) is 6.89. The van der Waals surface area contributed by atoms with Crippen LogP contribution in [0.1, 0.15) is 51.0 Å². The Balaban J connectivity index is 1.86. The van der Waals surface area contributed by atoms with Crippen LogP contribution in [0.15, 0.2) is 48.6 Å². The smallest absolute Gasteiger partial charge is 0.0719 e. The third kappa shape index (κ3) is 2.23. The highest BCUT2D eigenvalue weighted by molar-refractivity contribution is 5.91. The quantitative estimate of drug-likeness (QED) is 0.862. The number of benzene rings is 2. The van der Waals surface area contributed by atoms with Gasteiger partial charge in [0.2, 0.25) is 0 Å². The van der Waals surface area contributed by atoms with Crippen LogP contribution < -0.4 is 10.4 Å². The molecule has 0 amide bonds. The number of fused-ring (bicyclic) bond motifs is 3. The van der Waals surface area contributed by atoms with Crippen molar-refractivity contribution < 1.29 is 9.90 Å². The molecule has 0 saturated carbocycles. The van der Waals surface area contributed by atoms with Crippen LogP contribution in [0.5, 0.6) is 0 Å². The molecule has 4 rings (SSSR count). The number of carbonyl (C=O) groups is 1. The zero-order valence-electron chi connectivity index (χ0n) is 13.9. The molecular formula is C21H20NO2-. The average Bonchev–Trinajstić information content (AvgIpc) is 3.05. The number of anilines is 1. The van der Waals surface area contributed by atoms with E-state index >= 15 is 0 Å². The highest BCUT2D eigenvalue weighted by Gasteiger charge is 2.39. The summed E-state index contributed by atoms with van der Waals surface area (Å²) in [5, 5.41) is 15.2. The maximum absolute atomic E-state index is 11.6. The van der Waals surface area contributed by atoms with Crippen molar-refractivity contribution in [3.8, 4) is 0 Å². The van der Waals surface area contributed by atoms with Gasteiger partial charge in [-0.15, -0.1) is 0 Å². The predicted molar refractivity (Wildman–Crippen MR) is 93.0 cm³/mol.